The second kappa shape index (κ2) is 9.78. The zero-order valence-corrected chi connectivity index (χ0v) is 18.5. The van der Waals surface area contributed by atoms with Crippen molar-refractivity contribution in [2.45, 2.75) is 32.2 Å². The summed E-state index contributed by atoms with van der Waals surface area (Å²) in [7, 11) is 1.63. The second-order valence-corrected chi connectivity index (χ2v) is 7.98. The molecule has 8 heteroatoms. The van der Waals surface area contributed by atoms with E-state index in [1.807, 2.05) is 47.0 Å². The van der Waals surface area contributed by atoms with Crippen LogP contribution in [0.3, 0.4) is 0 Å². The molecular weight excluding hydrogens is 410 g/mol. The third-order valence-corrected chi connectivity index (χ3v) is 5.86. The minimum Gasteiger partial charge on any atom is -0.497 e. The van der Waals surface area contributed by atoms with Crippen molar-refractivity contribution in [3.63, 3.8) is 0 Å². The van der Waals surface area contributed by atoms with E-state index >= 15 is 0 Å². The van der Waals surface area contributed by atoms with Crippen LogP contribution < -0.4 is 15.0 Å². The Morgan fingerprint density at radius 1 is 1.13 bits per heavy atom. The van der Waals surface area contributed by atoms with Crippen molar-refractivity contribution < 1.29 is 9.53 Å². The molecule has 162 valence electrons. The van der Waals surface area contributed by atoms with E-state index in [0.717, 1.165) is 35.8 Å². The highest BCUT2D eigenvalue weighted by Crippen LogP contribution is 2.28. The van der Waals surface area contributed by atoms with Crippen molar-refractivity contribution in [2.75, 3.05) is 30.4 Å². The molecule has 1 saturated heterocycles. The van der Waals surface area contributed by atoms with Crippen molar-refractivity contribution in [1.29, 1.82) is 0 Å². The van der Waals surface area contributed by atoms with Gasteiger partial charge in [0, 0.05) is 31.6 Å². The molecule has 0 saturated carbocycles. The number of ether oxygens (including phenoxy) is 1. The van der Waals surface area contributed by atoms with Crippen molar-refractivity contribution in [1.82, 2.24) is 14.8 Å². The van der Waals surface area contributed by atoms with Crippen LogP contribution in [0, 0.1) is 4.77 Å². The van der Waals surface area contributed by atoms with E-state index in [2.05, 4.69) is 26.5 Å². The van der Waals surface area contributed by atoms with Crippen LogP contribution in [-0.2, 0) is 11.3 Å². The summed E-state index contributed by atoms with van der Waals surface area (Å²) in [5.74, 6) is 1.43. The average molecular weight is 438 g/mol. The van der Waals surface area contributed by atoms with Crippen LogP contribution >= 0.6 is 12.2 Å². The van der Waals surface area contributed by atoms with Crippen molar-refractivity contribution >= 4 is 29.5 Å². The first kappa shape index (κ1) is 21.1. The van der Waals surface area contributed by atoms with Crippen LogP contribution in [0.1, 0.15) is 25.7 Å². The Morgan fingerprint density at radius 2 is 1.87 bits per heavy atom. The molecule has 1 fully saturated rings. The van der Waals surface area contributed by atoms with Gasteiger partial charge in [0.15, 0.2) is 10.6 Å². The molecule has 0 radical (unpaired) electrons. The first-order valence-corrected chi connectivity index (χ1v) is 11.0. The van der Waals surface area contributed by atoms with E-state index < -0.39 is 0 Å². The number of methoxy groups -OCH3 is 1. The van der Waals surface area contributed by atoms with E-state index in [1.165, 1.54) is 19.3 Å². The Balaban J connectivity index is 1.44. The lowest BCUT2D eigenvalue weighted by Gasteiger charge is -2.30. The molecule has 2 N–H and O–H groups in total. The van der Waals surface area contributed by atoms with Crippen molar-refractivity contribution in [3.8, 4) is 17.1 Å². The van der Waals surface area contributed by atoms with Crippen molar-refractivity contribution in [2.24, 2.45) is 0 Å². The van der Waals surface area contributed by atoms with Crippen LogP contribution in [0.2, 0.25) is 0 Å². The molecule has 0 bridgehead atoms. The Hall–Kier alpha value is -3.13. The lowest BCUT2D eigenvalue weighted by Crippen LogP contribution is -2.30. The molecule has 2 aromatic carbocycles. The maximum Gasteiger partial charge on any atom is 0.226 e. The zero-order valence-electron chi connectivity index (χ0n) is 17.6. The van der Waals surface area contributed by atoms with Crippen LogP contribution in [0.25, 0.3) is 11.4 Å². The third kappa shape index (κ3) is 4.96. The van der Waals surface area contributed by atoms with E-state index in [-0.39, 0.29) is 5.91 Å². The number of hydrogen-bond acceptors (Lipinski definition) is 5. The number of para-hydroxylation sites is 2. The number of amides is 1. The lowest BCUT2D eigenvalue weighted by atomic mass is 10.1. The quantitative estimate of drug-likeness (QED) is 0.527. The van der Waals surface area contributed by atoms with Gasteiger partial charge in [-0.25, -0.2) is 0 Å². The molecule has 2 heterocycles. The molecule has 1 aromatic heterocycles. The Labute approximate surface area is 187 Å². The van der Waals surface area contributed by atoms with Gasteiger partial charge in [-0.15, -0.1) is 0 Å². The molecule has 0 aliphatic carbocycles. The second-order valence-electron chi connectivity index (χ2n) is 7.60. The Bertz CT molecular complexity index is 1080. The highest BCUT2D eigenvalue weighted by molar-refractivity contribution is 7.71. The SMILES string of the molecule is COc1ccc(-c2n[nH]c(=S)n2CCC(=O)Nc2ccccc2N2CCCCC2)cc1. The fourth-order valence-electron chi connectivity index (χ4n) is 3.90. The molecule has 0 atom stereocenters. The summed E-state index contributed by atoms with van der Waals surface area (Å²) in [6.07, 6.45) is 3.95. The summed E-state index contributed by atoms with van der Waals surface area (Å²) in [5.41, 5.74) is 2.86. The Kier molecular flexibility index (Phi) is 6.66. The van der Waals surface area contributed by atoms with Gasteiger partial charge in [0.2, 0.25) is 5.91 Å². The van der Waals surface area contributed by atoms with Crippen LogP contribution in [0.4, 0.5) is 11.4 Å². The molecule has 3 aromatic rings. The van der Waals surface area contributed by atoms with Gasteiger partial charge in [0.1, 0.15) is 5.75 Å². The van der Waals surface area contributed by atoms with Crippen LogP contribution in [0.15, 0.2) is 48.5 Å². The van der Waals surface area contributed by atoms with E-state index in [0.29, 0.717) is 23.6 Å². The molecule has 1 aliphatic heterocycles. The maximum atomic E-state index is 12.8. The minimum atomic E-state index is -0.0479. The predicted octanol–water partition coefficient (Wildman–Crippen LogP) is 4.64. The summed E-state index contributed by atoms with van der Waals surface area (Å²) in [6, 6.07) is 15.6. The number of anilines is 2. The minimum absolute atomic E-state index is 0.0479. The summed E-state index contributed by atoms with van der Waals surface area (Å²) in [5, 5.41) is 10.3. The number of nitrogens with one attached hydrogen (secondary N) is 2. The fourth-order valence-corrected chi connectivity index (χ4v) is 4.12. The number of rotatable bonds is 7. The molecule has 31 heavy (non-hydrogen) atoms. The van der Waals surface area contributed by atoms with Gasteiger partial charge in [-0.2, -0.15) is 5.10 Å². The molecule has 0 spiro atoms. The maximum absolute atomic E-state index is 12.8. The standard InChI is InChI=1S/C23H27N5O2S/c1-30-18-11-9-17(10-12-18)22-25-26-23(31)28(22)16-13-21(29)24-19-7-3-4-8-20(19)27-14-5-2-6-15-27/h3-4,7-12H,2,5-6,13-16H2,1H3,(H,24,29)(H,26,31). The van der Waals surface area contributed by atoms with Gasteiger partial charge in [-0.05, 0) is 67.9 Å². The highest BCUT2D eigenvalue weighted by atomic mass is 32.1. The fraction of sp³-hybridized carbons (Fsp3) is 0.348. The van der Waals surface area contributed by atoms with Crippen LogP contribution in [0.5, 0.6) is 5.75 Å². The number of carbonyl (C=O) groups excluding carboxylic acids is 1. The molecule has 1 amide bonds. The first-order valence-electron chi connectivity index (χ1n) is 10.6. The number of benzene rings is 2. The van der Waals surface area contributed by atoms with Crippen molar-refractivity contribution in [3.05, 3.63) is 53.3 Å². The molecular formula is C23H27N5O2S. The third-order valence-electron chi connectivity index (χ3n) is 5.54. The number of aromatic nitrogens is 3. The molecule has 7 nitrogen and oxygen atoms in total. The monoisotopic (exact) mass is 437 g/mol. The van der Waals surface area contributed by atoms with Gasteiger partial charge in [-0.1, -0.05) is 12.1 Å². The van der Waals surface area contributed by atoms with E-state index in [4.69, 9.17) is 17.0 Å². The predicted molar refractivity (Wildman–Crippen MR) is 125 cm³/mol. The topological polar surface area (TPSA) is 75.2 Å². The van der Waals surface area contributed by atoms with Gasteiger partial charge < -0.3 is 15.0 Å². The zero-order chi connectivity index (χ0) is 21.6. The lowest BCUT2D eigenvalue weighted by molar-refractivity contribution is -0.116. The number of carbonyl (C=O) groups is 1. The van der Waals surface area contributed by atoms with E-state index in [9.17, 15) is 4.79 Å². The summed E-state index contributed by atoms with van der Waals surface area (Å²) in [4.78, 5) is 15.1. The van der Waals surface area contributed by atoms with E-state index in [1.54, 1.807) is 7.11 Å². The first-order chi connectivity index (χ1) is 15.2. The normalized spacial score (nSPS) is 13.8. The van der Waals surface area contributed by atoms with Gasteiger partial charge >= 0.3 is 0 Å². The largest absolute Gasteiger partial charge is 0.497 e. The van der Waals surface area contributed by atoms with Gasteiger partial charge in [0.05, 0.1) is 18.5 Å². The molecule has 4 rings (SSSR count). The number of nitrogens with zero attached hydrogens (tertiary/aromatic N) is 3. The van der Waals surface area contributed by atoms with Crippen LogP contribution in [-0.4, -0.2) is 40.9 Å². The number of H-pyrrole nitrogens is 1. The molecule has 1 aliphatic rings. The highest BCUT2D eigenvalue weighted by Gasteiger charge is 2.16. The Morgan fingerprint density at radius 3 is 2.61 bits per heavy atom. The summed E-state index contributed by atoms with van der Waals surface area (Å²) < 4.78 is 7.56. The van der Waals surface area contributed by atoms with Gasteiger partial charge in [-0.3, -0.25) is 14.5 Å². The average Bonchev–Trinajstić information content (AvgIpc) is 3.19. The summed E-state index contributed by atoms with van der Waals surface area (Å²) >= 11 is 5.39. The molecule has 0 unspecified atom stereocenters. The number of hydrogen-bond donors (Lipinski definition) is 2. The summed E-state index contributed by atoms with van der Waals surface area (Å²) in [6.45, 7) is 2.50. The smallest absolute Gasteiger partial charge is 0.226 e. The number of aromatic amines is 1. The number of piperidine rings is 1. The van der Waals surface area contributed by atoms with Gasteiger partial charge in [0.25, 0.3) is 0 Å².